The highest BCUT2D eigenvalue weighted by Gasteiger charge is 2.05. The van der Waals surface area contributed by atoms with Crippen LogP contribution in [0.25, 0.3) is 0 Å². The molecule has 3 aromatic rings. The highest BCUT2D eigenvalue weighted by Crippen LogP contribution is 2.16. The number of halogens is 1. The Labute approximate surface area is 160 Å². The lowest BCUT2D eigenvalue weighted by atomic mass is 10.1. The number of rotatable bonds is 5. The molecule has 0 aliphatic carbocycles. The normalized spacial score (nSPS) is 11.0. The minimum Gasteiger partial charge on any atom is -0.465 e. The number of aromatic nitrogens is 3. The predicted octanol–water partition coefficient (Wildman–Crippen LogP) is 3.78. The molecule has 0 N–H and O–H groups in total. The molecule has 0 atom stereocenters. The Kier molecular flexibility index (Phi) is 5.60. The lowest BCUT2D eigenvalue weighted by Gasteiger charge is -2.03. The van der Waals surface area contributed by atoms with Gasteiger partial charge in [0.25, 0.3) is 0 Å². The molecule has 0 amide bonds. The zero-order valence-electron chi connectivity index (χ0n) is 13.9. The minimum atomic E-state index is -0.378. The summed E-state index contributed by atoms with van der Waals surface area (Å²) in [7, 11) is 1.35. The van der Waals surface area contributed by atoms with Gasteiger partial charge < -0.3 is 4.74 Å². The van der Waals surface area contributed by atoms with E-state index < -0.39 is 0 Å². The van der Waals surface area contributed by atoms with Gasteiger partial charge in [-0.25, -0.2) is 9.48 Å². The molecule has 0 unspecified atom stereocenters. The molecule has 1 aromatic heterocycles. The van der Waals surface area contributed by atoms with E-state index in [1.807, 2.05) is 24.3 Å². The van der Waals surface area contributed by atoms with Crippen molar-refractivity contribution in [3.63, 3.8) is 0 Å². The molecule has 26 heavy (non-hydrogen) atoms. The van der Waals surface area contributed by atoms with Crippen LogP contribution in [-0.4, -0.2) is 33.8 Å². The smallest absolute Gasteiger partial charge is 0.337 e. The summed E-state index contributed by atoms with van der Waals surface area (Å²) < 4.78 is 8.27. The van der Waals surface area contributed by atoms with Gasteiger partial charge in [0, 0.05) is 5.02 Å². The van der Waals surface area contributed by atoms with Crippen molar-refractivity contribution in [1.82, 2.24) is 14.5 Å². The number of benzene rings is 2. The quantitative estimate of drug-likeness (QED) is 0.380. The number of ether oxygens (including phenoxy) is 1. The van der Waals surface area contributed by atoms with E-state index in [9.17, 15) is 4.79 Å². The second kappa shape index (κ2) is 8.07. The summed E-state index contributed by atoms with van der Waals surface area (Å²) in [5, 5.41) is 9.23. The van der Waals surface area contributed by atoms with Crippen molar-refractivity contribution >= 4 is 36.0 Å². The summed E-state index contributed by atoms with van der Waals surface area (Å²) in [6.45, 7) is 0.467. The third-order valence-electron chi connectivity index (χ3n) is 3.66. The van der Waals surface area contributed by atoms with Gasteiger partial charge in [0.05, 0.1) is 25.4 Å². The van der Waals surface area contributed by atoms with E-state index in [-0.39, 0.29) is 5.97 Å². The van der Waals surface area contributed by atoms with Crippen molar-refractivity contribution in [2.75, 3.05) is 7.11 Å². The third-order valence-corrected chi connectivity index (χ3v) is 4.42. The van der Waals surface area contributed by atoms with Gasteiger partial charge in [-0.1, -0.05) is 41.9 Å². The van der Waals surface area contributed by atoms with Gasteiger partial charge in [-0.3, -0.25) is 0 Å². The lowest BCUT2D eigenvalue weighted by molar-refractivity contribution is 0.0600. The first-order valence-corrected chi connectivity index (χ1v) is 8.47. The van der Waals surface area contributed by atoms with Crippen LogP contribution in [0.4, 0.5) is 0 Å². The summed E-state index contributed by atoms with van der Waals surface area (Å²) in [6.07, 6.45) is 3.18. The number of carbonyl (C=O) groups is 1. The first-order valence-electron chi connectivity index (χ1n) is 7.69. The Bertz CT molecular complexity index is 1010. The number of esters is 1. The van der Waals surface area contributed by atoms with E-state index in [4.69, 9.17) is 23.8 Å². The first-order chi connectivity index (χ1) is 12.6. The van der Waals surface area contributed by atoms with Crippen LogP contribution in [0.15, 0.2) is 60.0 Å². The van der Waals surface area contributed by atoms with Crippen LogP contribution >= 0.6 is 23.8 Å². The van der Waals surface area contributed by atoms with Crippen LogP contribution in [0.5, 0.6) is 0 Å². The molecule has 8 heteroatoms. The standard InChI is InChI=1S/C18H15ClN4O2S/c1-25-17(24)14-8-6-13(7-9-14)10-20-23-12-21-22(18(23)26)11-15-4-2-3-5-16(15)19/h2-10,12H,11H2,1H3/b20-10-. The maximum absolute atomic E-state index is 11.4. The molecule has 2 aromatic carbocycles. The number of hydrogen-bond donors (Lipinski definition) is 0. The Morgan fingerprint density at radius 2 is 2.00 bits per heavy atom. The zero-order valence-corrected chi connectivity index (χ0v) is 15.4. The molecule has 0 aliphatic rings. The number of methoxy groups -OCH3 is 1. The molecule has 0 spiro atoms. The van der Waals surface area contributed by atoms with Gasteiger partial charge in [0.1, 0.15) is 6.33 Å². The topological polar surface area (TPSA) is 61.4 Å². The van der Waals surface area contributed by atoms with Gasteiger partial charge >= 0.3 is 5.97 Å². The maximum atomic E-state index is 11.4. The van der Waals surface area contributed by atoms with E-state index in [2.05, 4.69) is 14.9 Å². The van der Waals surface area contributed by atoms with Crippen LogP contribution in [0, 0.1) is 4.77 Å². The fourth-order valence-electron chi connectivity index (χ4n) is 2.26. The molecule has 0 fully saturated rings. The predicted molar refractivity (Wildman–Crippen MR) is 102 cm³/mol. The molecule has 0 radical (unpaired) electrons. The Hall–Kier alpha value is -2.77. The molecule has 0 bridgehead atoms. The summed E-state index contributed by atoms with van der Waals surface area (Å²) >= 11 is 11.6. The van der Waals surface area contributed by atoms with Crippen LogP contribution in [0.2, 0.25) is 5.02 Å². The van der Waals surface area contributed by atoms with Crippen LogP contribution in [0.1, 0.15) is 21.5 Å². The third kappa shape index (κ3) is 4.07. The average Bonchev–Trinajstić information content (AvgIpc) is 3.01. The zero-order chi connectivity index (χ0) is 18.5. The van der Waals surface area contributed by atoms with Crippen LogP contribution in [-0.2, 0) is 11.3 Å². The van der Waals surface area contributed by atoms with E-state index in [1.165, 1.54) is 11.8 Å². The van der Waals surface area contributed by atoms with Crippen molar-refractivity contribution in [2.45, 2.75) is 6.54 Å². The molecular weight excluding hydrogens is 372 g/mol. The van der Waals surface area contributed by atoms with Crippen LogP contribution < -0.4 is 0 Å². The largest absolute Gasteiger partial charge is 0.465 e. The Morgan fingerprint density at radius 3 is 2.69 bits per heavy atom. The maximum Gasteiger partial charge on any atom is 0.337 e. The highest BCUT2D eigenvalue weighted by molar-refractivity contribution is 7.71. The van der Waals surface area contributed by atoms with Crippen molar-refractivity contribution in [3.05, 3.63) is 81.3 Å². The average molecular weight is 387 g/mol. The summed E-state index contributed by atoms with van der Waals surface area (Å²) in [6, 6.07) is 14.4. The molecular formula is C18H15ClN4O2S. The number of nitrogens with zero attached hydrogens (tertiary/aromatic N) is 4. The van der Waals surface area contributed by atoms with Crippen molar-refractivity contribution in [3.8, 4) is 0 Å². The summed E-state index contributed by atoms with van der Waals surface area (Å²) in [5.74, 6) is -0.378. The van der Waals surface area contributed by atoms with Crippen molar-refractivity contribution < 1.29 is 9.53 Å². The summed E-state index contributed by atoms with van der Waals surface area (Å²) in [5.41, 5.74) is 2.23. The minimum absolute atomic E-state index is 0.378. The molecule has 0 aliphatic heterocycles. The second-order valence-electron chi connectivity index (χ2n) is 5.37. The van der Waals surface area contributed by atoms with E-state index in [1.54, 1.807) is 41.5 Å². The van der Waals surface area contributed by atoms with Crippen molar-refractivity contribution in [1.29, 1.82) is 0 Å². The molecule has 0 saturated heterocycles. The van der Waals surface area contributed by atoms with Gasteiger partial charge in [-0.15, -0.1) is 0 Å². The fourth-order valence-corrected chi connectivity index (χ4v) is 2.66. The SMILES string of the molecule is COC(=O)c1ccc(/C=N\n2cnn(Cc3ccccc3Cl)c2=S)cc1. The van der Waals surface area contributed by atoms with Crippen LogP contribution in [0.3, 0.4) is 0 Å². The van der Waals surface area contributed by atoms with Gasteiger partial charge in [-0.2, -0.15) is 14.9 Å². The van der Waals surface area contributed by atoms with Gasteiger partial charge in [-0.05, 0) is 41.5 Å². The van der Waals surface area contributed by atoms with E-state index in [0.29, 0.717) is 21.9 Å². The van der Waals surface area contributed by atoms with E-state index >= 15 is 0 Å². The fraction of sp³-hybridized carbons (Fsp3) is 0.111. The molecule has 3 rings (SSSR count). The Morgan fingerprint density at radius 1 is 1.27 bits per heavy atom. The Balaban J connectivity index is 1.76. The first kappa shape index (κ1) is 18.0. The lowest BCUT2D eigenvalue weighted by Crippen LogP contribution is -2.03. The molecule has 1 heterocycles. The molecule has 6 nitrogen and oxygen atoms in total. The number of hydrogen-bond acceptors (Lipinski definition) is 5. The number of carbonyl (C=O) groups excluding carboxylic acids is 1. The molecule has 0 saturated carbocycles. The molecule has 132 valence electrons. The van der Waals surface area contributed by atoms with Crippen molar-refractivity contribution in [2.24, 2.45) is 5.10 Å². The second-order valence-corrected chi connectivity index (χ2v) is 6.14. The highest BCUT2D eigenvalue weighted by atomic mass is 35.5. The van der Waals surface area contributed by atoms with E-state index in [0.717, 1.165) is 11.1 Å². The summed E-state index contributed by atoms with van der Waals surface area (Å²) in [4.78, 5) is 11.4. The van der Waals surface area contributed by atoms with Gasteiger partial charge in [0.2, 0.25) is 4.77 Å². The van der Waals surface area contributed by atoms with Gasteiger partial charge in [0.15, 0.2) is 0 Å². The monoisotopic (exact) mass is 386 g/mol.